The summed E-state index contributed by atoms with van der Waals surface area (Å²) in [4.78, 5) is 28.3. The Morgan fingerprint density at radius 1 is 1.19 bits per heavy atom. The molecule has 27 heavy (non-hydrogen) atoms. The lowest BCUT2D eigenvalue weighted by Gasteiger charge is -2.37. The van der Waals surface area contributed by atoms with Crippen molar-refractivity contribution in [3.8, 4) is 0 Å². The number of nitrogens with one attached hydrogen (secondary N) is 1. The second kappa shape index (κ2) is 12.1. The molecule has 1 fully saturated rings. The predicted molar refractivity (Wildman–Crippen MR) is 110 cm³/mol. The van der Waals surface area contributed by atoms with Crippen LogP contribution in [0, 0.1) is 5.82 Å². The minimum absolute atomic E-state index is 0. The molecule has 0 radical (unpaired) electrons. The number of amides is 2. The predicted octanol–water partition coefficient (Wildman–Crippen LogP) is 2.27. The summed E-state index contributed by atoms with van der Waals surface area (Å²) in [6.07, 6.45) is 1.15. The summed E-state index contributed by atoms with van der Waals surface area (Å²) in [6, 6.07) is 5.52. The molecule has 1 aliphatic heterocycles. The molecule has 6 nitrogen and oxygen atoms in total. The van der Waals surface area contributed by atoms with Crippen LogP contribution >= 0.6 is 24.8 Å². The molecule has 2 unspecified atom stereocenters. The maximum Gasteiger partial charge on any atom is 0.241 e. The van der Waals surface area contributed by atoms with Crippen LogP contribution in [0.4, 0.5) is 10.1 Å². The Morgan fingerprint density at radius 3 is 2.37 bits per heavy atom. The van der Waals surface area contributed by atoms with Crippen molar-refractivity contribution in [2.75, 3.05) is 31.5 Å². The van der Waals surface area contributed by atoms with E-state index in [9.17, 15) is 14.0 Å². The van der Waals surface area contributed by atoms with Crippen LogP contribution in [0.25, 0.3) is 0 Å². The van der Waals surface area contributed by atoms with Gasteiger partial charge in [-0.3, -0.25) is 14.5 Å². The van der Waals surface area contributed by atoms with E-state index in [-0.39, 0.29) is 54.5 Å². The Hall–Kier alpha value is -1.41. The fraction of sp³-hybridized carbons (Fsp3) is 0.556. The van der Waals surface area contributed by atoms with Crippen LogP contribution in [-0.4, -0.2) is 59.9 Å². The number of nitrogens with zero attached hydrogens (tertiary/aromatic N) is 2. The molecule has 2 atom stereocenters. The average molecular weight is 423 g/mol. The summed E-state index contributed by atoms with van der Waals surface area (Å²) in [5, 5.41) is 2.73. The van der Waals surface area contributed by atoms with Crippen molar-refractivity contribution < 1.29 is 14.0 Å². The highest BCUT2D eigenvalue weighted by Gasteiger charge is 2.27. The smallest absolute Gasteiger partial charge is 0.241 e. The first-order valence-electron chi connectivity index (χ1n) is 8.70. The largest absolute Gasteiger partial charge is 0.340 e. The second-order valence-electron chi connectivity index (χ2n) is 6.61. The number of nitrogens with two attached hydrogens (primary N) is 1. The van der Waals surface area contributed by atoms with Gasteiger partial charge < -0.3 is 16.0 Å². The number of carbonyl (C=O) groups is 2. The highest BCUT2D eigenvalue weighted by Crippen LogP contribution is 2.13. The Morgan fingerprint density at radius 2 is 1.81 bits per heavy atom. The van der Waals surface area contributed by atoms with Gasteiger partial charge in [-0.25, -0.2) is 4.39 Å². The zero-order valence-corrected chi connectivity index (χ0v) is 17.3. The Bertz CT molecular complexity index is 611. The molecule has 3 N–H and O–H groups in total. The maximum absolute atomic E-state index is 13.2. The molecule has 2 amide bonds. The van der Waals surface area contributed by atoms with Crippen molar-refractivity contribution in [3.63, 3.8) is 0 Å². The SMILES string of the molecule is CC(N)CCC(=O)N1CCN(C(C)C(=O)Nc2cccc(F)c2)CC1.Cl.Cl. The van der Waals surface area contributed by atoms with Gasteiger partial charge in [0, 0.05) is 44.3 Å². The van der Waals surface area contributed by atoms with Crippen molar-refractivity contribution in [1.29, 1.82) is 0 Å². The van der Waals surface area contributed by atoms with E-state index in [1.54, 1.807) is 12.1 Å². The molecule has 0 aromatic heterocycles. The molecule has 1 heterocycles. The number of anilines is 1. The summed E-state index contributed by atoms with van der Waals surface area (Å²) in [5.74, 6) is -0.444. The van der Waals surface area contributed by atoms with Gasteiger partial charge in [-0.05, 0) is 38.5 Å². The number of rotatable bonds is 6. The summed E-state index contributed by atoms with van der Waals surface area (Å²) < 4.78 is 13.2. The first-order chi connectivity index (χ1) is 11.9. The van der Waals surface area contributed by atoms with Gasteiger partial charge in [0.25, 0.3) is 0 Å². The molecule has 0 spiro atoms. The summed E-state index contributed by atoms with van der Waals surface area (Å²) in [7, 11) is 0. The summed E-state index contributed by atoms with van der Waals surface area (Å²) >= 11 is 0. The van der Waals surface area contributed by atoms with Gasteiger partial charge in [-0.1, -0.05) is 6.07 Å². The number of hydrogen-bond acceptors (Lipinski definition) is 4. The van der Waals surface area contributed by atoms with Crippen molar-refractivity contribution in [1.82, 2.24) is 9.80 Å². The van der Waals surface area contributed by atoms with Gasteiger partial charge in [-0.2, -0.15) is 0 Å². The molecular weight excluding hydrogens is 394 g/mol. The van der Waals surface area contributed by atoms with E-state index in [0.29, 0.717) is 44.7 Å². The highest BCUT2D eigenvalue weighted by atomic mass is 35.5. The molecule has 1 aromatic carbocycles. The summed E-state index contributed by atoms with van der Waals surface area (Å²) in [6.45, 7) is 6.21. The van der Waals surface area contributed by atoms with Crippen molar-refractivity contribution in [3.05, 3.63) is 30.1 Å². The van der Waals surface area contributed by atoms with Crippen molar-refractivity contribution >= 4 is 42.3 Å². The van der Waals surface area contributed by atoms with Crippen LogP contribution in [-0.2, 0) is 9.59 Å². The Kier molecular flexibility index (Phi) is 11.5. The van der Waals surface area contributed by atoms with Gasteiger partial charge in [0.1, 0.15) is 5.82 Å². The van der Waals surface area contributed by atoms with E-state index in [1.165, 1.54) is 12.1 Å². The number of halogens is 3. The number of hydrogen-bond donors (Lipinski definition) is 2. The molecule has 1 aliphatic rings. The molecule has 154 valence electrons. The maximum atomic E-state index is 13.2. The fourth-order valence-electron chi connectivity index (χ4n) is 2.85. The minimum Gasteiger partial charge on any atom is -0.340 e. The second-order valence-corrected chi connectivity index (χ2v) is 6.61. The lowest BCUT2D eigenvalue weighted by atomic mass is 10.1. The first-order valence-corrected chi connectivity index (χ1v) is 8.70. The highest BCUT2D eigenvalue weighted by molar-refractivity contribution is 5.94. The molecule has 0 aliphatic carbocycles. The first kappa shape index (κ1) is 25.6. The van der Waals surface area contributed by atoms with E-state index >= 15 is 0 Å². The normalized spacial score (nSPS) is 16.5. The van der Waals surface area contributed by atoms with Crippen LogP contribution < -0.4 is 11.1 Å². The Balaban J connectivity index is 0.00000338. The summed E-state index contributed by atoms with van der Waals surface area (Å²) in [5.41, 5.74) is 6.14. The van der Waals surface area contributed by atoms with Gasteiger partial charge in [-0.15, -0.1) is 24.8 Å². The van der Waals surface area contributed by atoms with Crippen molar-refractivity contribution in [2.24, 2.45) is 5.73 Å². The minimum atomic E-state index is -0.385. The molecule has 2 rings (SSSR count). The lowest BCUT2D eigenvalue weighted by molar-refractivity contribution is -0.133. The third-order valence-corrected chi connectivity index (χ3v) is 4.50. The van der Waals surface area contributed by atoms with Gasteiger partial charge in [0.15, 0.2) is 0 Å². The zero-order chi connectivity index (χ0) is 18.4. The van der Waals surface area contributed by atoms with Crippen LogP contribution in [0.3, 0.4) is 0 Å². The monoisotopic (exact) mass is 422 g/mol. The van der Waals surface area contributed by atoms with Crippen molar-refractivity contribution in [2.45, 2.75) is 38.8 Å². The molecule has 9 heteroatoms. The molecule has 0 bridgehead atoms. The van der Waals surface area contributed by atoms with Crippen LogP contribution in [0.2, 0.25) is 0 Å². The van der Waals surface area contributed by atoms with Crippen LogP contribution in [0.15, 0.2) is 24.3 Å². The standard InChI is InChI=1S/C18H27FN4O2.2ClH/c1-13(20)6-7-17(24)23-10-8-22(9-11-23)14(2)18(25)21-16-5-3-4-15(19)12-16;;/h3-5,12-14H,6-11,20H2,1-2H3,(H,21,25);2*1H. The molecule has 1 saturated heterocycles. The zero-order valence-electron chi connectivity index (χ0n) is 15.7. The topological polar surface area (TPSA) is 78.7 Å². The number of benzene rings is 1. The number of piperazine rings is 1. The average Bonchev–Trinajstić information content (AvgIpc) is 2.59. The van der Waals surface area contributed by atoms with Crippen LogP contribution in [0.1, 0.15) is 26.7 Å². The molecule has 1 aromatic rings. The van der Waals surface area contributed by atoms with E-state index < -0.39 is 0 Å². The van der Waals surface area contributed by atoms with E-state index in [0.717, 1.165) is 0 Å². The van der Waals surface area contributed by atoms with Gasteiger partial charge >= 0.3 is 0 Å². The van der Waals surface area contributed by atoms with E-state index in [2.05, 4.69) is 5.32 Å². The van der Waals surface area contributed by atoms with Gasteiger partial charge in [0.2, 0.25) is 11.8 Å². The third kappa shape index (κ3) is 8.01. The number of carbonyl (C=O) groups excluding carboxylic acids is 2. The van der Waals surface area contributed by atoms with E-state index in [1.807, 2.05) is 23.6 Å². The van der Waals surface area contributed by atoms with Gasteiger partial charge in [0.05, 0.1) is 6.04 Å². The lowest BCUT2D eigenvalue weighted by Crippen LogP contribution is -2.54. The molecular formula is C18H29Cl2FN4O2. The third-order valence-electron chi connectivity index (χ3n) is 4.50. The van der Waals surface area contributed by atoms with E-state index in [4.69, 9.17) is 5.73 Å². The quantitative estimate of drug-likeness (QED) is 0.736. The molecule has 0 saturated carbocycles. The van der Waals surface area contributed by atoms with Crippen LogP contribution in [0.5, 0.6) is 0 Å². The Labute approximate surface area is 172 Å². The fourth-order valence-corrected chi connectivity index (χ4v) is 2.85.